The molecule has 0 radical (unpaired) electrons. The van der Waals surface area contributed by atoms with Crippen LogP contribution in [-0.4, -0.2) is 18.0 Å². The third-order valence-corrected chi connectivity index (χ3v) is 5.04. The quantitative estimate of drug-likeness (QED) is 0.519. The molecule has 144 valence electrons. The number of hydrogen-bond donors (Lipinski definition) is 1. The van der Waals surface area contributed by atoms with Gasteiger partial charge in [-0.3, -0.25) is 9.78 Å². The van der Waals surface area contributed by atoms with Crippen molar-refractivity contribution < 1.29 is 9.53 Å². The van der Waals surface area contributed by atoms with Gasteiger partial charge in [0, 0.05) is 29.9 Å². The Labute approximate surface area is 170 Å². The molecule has 0 saturated carbocycles. The van der Waals surface area contributed by atoms with E-state index in [-0.39, 0.29) is 5.91 Å². The van der Waals surface area contributed by atoms with Crippen molar-refractivity contribution >= 4 is 16.7 Å². The van der Waals surface area contributed by atoms with Gasteiger partial charge >= 0.3 is 0 Å². The third-order valence-electron chi connectivity index (χ3n) is 5.04. The Morgan fingerprint density at radius 2 is 1.83 bits per heavy atom. The zero-order valence-corrected chi connectivity index (χ0v) is 16.5. The largest absolute Gasteiger partial charge is 0.497 e. The average molecular weight is 382 g/mol. The van der Waals surface area contributed by atoms with E-state index in [1.165, 1.54) is 11.1 Å². The topological polar surface area (TPSA) is 51.2 Å². The van der Waals surface area contributed by atoms with Crippen LogP contribution in [0.2, 0.25) is 0 Å². The number of hydrogen-bond acceptors (Lipinski definition) is 3. The summed E-state index contributed by atoms with van der Waals surface area (Å²) in [7, 11) is 1.59. The van der Waals surface area contributed by atoms with E-state index >= 15 is 0 Å². The van der Waals surface area contributed by atoms with Crippen molar-refractivity contribution in [3.8, 4) is 16.9 Å². The van der Waals surface area contributed by atoms with E-state index in [0.29, 0.717) is 17.9 Å². The van der Waals surface area contributed by atoms with Crippen molar-refractivity contribution in [3.05, 3.63) is 95.8 Å². The number of methoxy groups -OCH3 is 1. The molecule has 0 aliphatic carbocycles. The molecule has 29 heavy (non-hydrogen) atoms. The van der Waals surface area contributed by atoms with Crippen LogP contribution in [0.5, 0.6) is 5.75 Å². The number of amides is 1. The van der Waals surface area contributed by atoms with Gasteiger partial charge in [0.1, 0.15) is 5.75 Å². The highest BCUT2D eigenvalue weighted by atomic mass is 16.5. The summed E-state index contributed by atoms with van der Waals surface area (Å²) in [5.41, 5.74) is 5.16. The summed E-state index contributed by atoms with van der Waals surface area (Å²) in [6, 6.07) is 21.8. The lowest BCUT2D eigenvalue weighted by atomic mass is 9.95. The number of carbonyl (C=O) groups excluding carboxylic acids is 1. The number of ether oxygens (including phenoxy) is 1. The number of aromatic nitrogens is 1. The van der Waals surface area contributed by atoms with E-state index in [2.05, 4.69) is 53.6 Å². The first-order valence-corrected chi connectivity index (χ1v) is 9.50. The van der Waals surface area contributed by atoms with Crippen molar-refractivity contribution in [1.82, 2.24) is 10.3 Å². The molecule has 1 aromatic heterocycles. The van der Waals surface area contributed by atoms with Crippen molar-refractivity contribution in [3.63, 3.8) is 0 Å². The molecular formula is C25H22N2O2. The van der Waals surface area contributed by atoms with Crippen LogP contribution < -0.4 is 10.1 Å². The van der Waals surface area contributed by atoms with Crippen molar-refractivity contribution in [2.75, 3.05) is 7.11 Å². The van der Waals surface area contributed by atoms with Crippen LogP contribution in [0.15, 0.2) is 79.1 Å². The zero-order valence-electron chi connectivity index (χ0n) is 16.5. The van der Waals surface area contributed by atoms with E-state index in [0.717, 1.165) is 21.9 Å². The first-order valence-electron chi connectivity index (χ1n) is 9.50. The standard InChI is InChI=1S/C25H22N2O2/c1-17-6-8-18(9-7-17)22-11-10-20(24-16-26-13-12-23(22)24)15-27-25(28)19-4-3-5-21(14-19)29-2/h3-14,16H,15H2,1-2H3,(H,27,28). The van der Waals surface area contributed by atoms with Crippen LogP contribution in [0.3, 0.4) is 0 Å². The Morgan fingerprint density at radius 1 is 1.00 bits per heavy atom. The minimum Gasteiger partial charge on any atom is -0.497 e. The normalized spacial score (nSPS) is 10.7. The van der Waals surface area contributed by atoms with Crippen LogP contribution in [-0.2, 0) is 6.54 Å². The van der Waals surface area contributed by atoms with Gasteiger partial charge in [-0.05, 0) is 53.3 Å². The smallest absolute Gasteiger partial charge is 0.251 e. The fourth-order valence-corrected chi connectivity index (χ4v) is 3.43. The van der Waals surface area contributed by atoms with Crippen LogP contribution >= 0.6 is 0 Å². The second-order valence-electron chi connectivity index (χ2n) is 6.97. The van der Waals surface area contributed by atoms with Crippen molar-refractivity contribution in [2.24, 2.45) is 0 Å². The van der Waals surface area contributed by atoms with Gasteiger partial charge in [0.25, 0.3) is 5.91 Å². The molecular weight excluding hydrogens is 360 g/mol. The fraction of sp³-hybridized carbons (Fsp3) is 0.120. The summed E-state index contributed by atoms with van der Waals surface area (Å²) in [6.07, 6.45) is 3.67. The van der Waals surface area contributed by atoms with Crippen LogP contribution in [0.25, 0.3) is 21.9 Å². The predicted octanol–water partition coefficient (Wildman–Crippen LogP) is 5.15. The maximum atomic E-state index is 12.6. The van der Waals surface area contributed by atoms with Crippen LogP contribution in [0, 0.1) is 6.92 Å². The summed E-state index contributed by atoms with van der Waals surface area (Å²) in [4.78, 5) is 16.9. The number of nitrogens with one attached hydrogen (secondary N) is 1. The van der Waals surface area contributed by atoms with Gasteiger partial charge < -0.3 is 10.1 Å². The lowest BCUT2D eigenvalue weighted by molar-refractivity contribution is 0.0950. The van der Waals surface area contributed by atoms with Crippen molar-refractivity contribution in [1.29, 1.82) is 0 Å². The van der Waals surface area contributed by atoms with Gasteiger partial charge in [-0.25, -0.2) is 0 Å². The van der Waals surface area contributed by atoms with Gasteiger partial charge in [-0.1, -0.05) is 48.0 Å². The number of benzene rings is 3. The molecule has 4 rings (SSSR count). The highest BCUT2D eigenvalue weighted by Crippen LogP contribution is 2.30. The first kappa shape index (κ1) is 18.7. The molecule has 0 fully saturated rings. The Morgan fingerprint density at radius 3 is 2.62 bits per heavy atom. The minimum atomic E-state index is -0.136. The molecule has 0 atom stereocenters. The second-order valence-corrected chi connectivity index (χ2v) is 6.97. The van der Waals surface area contributed by atoms with Crippen LogP contribution in [0.1, 0.15) is 21.5 Å². The summed E-state index contributed by atoms with van der Waals surface area (Å²) in [5.74, 6) is 0.526. The number of aryl methyl sites for hydroxylation is 1. The highest BCUT2D eigenvalue weighted by molar-refractivity contribution is 5.99. The van der Waals surface area contributed by atoms with Gasteiger partial charge in [-0.15, -0.1) is 0 Å². The molecule has 4 heteroatoms. The average Bonchev–Trinajstić information content (AvgIpc) is 2.78. The van der Waals surface area contributed by atoms with Gasteiger partial charge in [-0.2, -0.15) is 0 Å². The maximum Gasteiger partial charge on any atom is 0.251 e. The monoisotopic (exact) mass is 382 g/mol. The van der Waals surface area contributed by atoms with E-state index < -0.39 is 0 Å². The SMILES string of the molecule is COc1cccc(C(=O)NCc2ccc(-c3ccc(C)cc3)c3ccncc23)c1. The lowest BCUT2D eigenvalue weighted by Gasteiger charge is -2.13. The number of nitrogens with zero attached hydrogens (tertiary/aromatic N) is 1. The molecule has 0 spiro atoms. The molecule has 0 aliphatic rings. The van der Waals surface area contributed by atoms with Gasteiger partial charge in [0.15, 0.2) is 0 Å². The predicted molar refractivity (Wildman–Crippen MR) is 116 cm³/mol. The fourth-order valence-electron chi connectivity index (χ4n) is 3.43. The first-order chi connectivity index (χ1) is 14.2. The van der Waals surface area contributed by atoms with E-state index in [9.17, 15) is 4.79 Å². The van der Waals surface area contributed by atoms with Crippen molar-refractivity contribution in [2.45, 2.75) is 13.5 Å². The van der Waals surface area contributed by atoms with E-state index in [1.54, 1.807) is 25.4 Å². The second kappa shape index (κ2) is 8.15. The molecule has 1 heterocycles. The molecule has 4 nitrogen and oxygen atoms in total. The number of rotatable bonds is 5. The lowest BCUT2D eigenvalue weighted by Crippen LogP contribution is -2.22. The maximum absolute atomic E-state index is 12.6. The molecule has 0 aliphatic heterocycles. The Hall–Kier alpha value is -3.66. The van der Waals surface area contributed by atoms with Crippen LogP contribution in [0.4, 0.5) is 0 Å². The molecule has 3 aromatic carbocycles. The third kappa shape index (κ3) is 3.97. The summed E-state index contributed by atoms with van der Waals surface area (Å²) >= 11 is 0. The Kier molecular flexibility index (Phi) is 5.25. The van der Waals surface area contributed by atoms with Gasteiger partial charge in [0.2, 0.25) is 0 Å². The summed E-state index contributed by atoms with van der Waals surface area (Å²) < 4.78 is 5.20. The summed E-state index contributed by atoms with van der Waals surface area (Å²) in [5, 5.41) is 5.16. The number of fused-ring (bicyclic) bond motifs is 1. The summed E-state index contributed by atoms with van der Waals surface area (Å²) in [6.45, 7) is 2.51. The highest BCUT2D eigenvalue weighted by Gasteiger charge is 2.11. The van der Waals surface area contributed by atoms with E-state index in [1.807, 2.05) is 24.4 Å². The Balaban J connectivity index is 1.62. The molecule has 0 unspecified atom stereocenters. The molecule has 1 N–H and O–H groups in total. The molecule has 1 amide bonds. The Bertz CT molecular complexity index is 1170. The molecule has 4 aromatic rings. The minimum absolute atomic E-state index is 0.136. The number of pyridine rings is 1. The number of carbonyl (C=O) groups is 1. The molecule has 0 bridgehead atoms. The van der Waals surface area contributed by atoms with E-state index in [4.69, 9.17) is 4.74 Å². The zero-order chi connectivity index (χ0) is 20.2. The van der Waals surface area contributed by atoms with Gasteiger partial charge in [0.05, 0.1) is 7.11 Å². The molecule has 0 saturated heterocycles.